The van der Waals surface area contributed by atoms with Crippen LogP contribution in [-0.4, -0.2) is 53.2 Å². The average Bonchev–Trinajstić information content (AvgIpc) is 3.36. The fraction of sp³-hybridized carbons (Fsp3) is 0.789. The minimum Gasteiger partial charge on any atom is -0.381 e. The normalized spacial score (nSPS) is 24.9. The Hall–Kier alpha value is -1.40. The van der Waals surface area contributed by atoms with Crippen molar-refractivity contribution in [2.45, 2.75) is 51.6 Å². The lowest BCUT2D eigenvalue weighted by molar-refractivity contribution is -0.120. The van der Waals surface area contributed by atoms with Gasteiger partial charge in [-0.05, 0) is 44.4 Å². The van der Waals surface area contributed by atoms with Crippen molar-refractivity contribution in [3.05, 3.63) is 17.7 Å². The van der Waals surface area contributed by atoms with E-state index in [4.69, 9.17) is 9.72 Å². The summed E-state index contributed by atoms with van der Waals surface area (Å²) in [6.45, 7) is 8.06. The van der Waals surface area contributed by atoms with E-state index in [-0.39, 0.29) is 5.91 Å². The van der Waals surface area contributed by atoms with Crippen molar-refractivity contribution < 1.29 is 9.53 Å². The maximum absolute atomic E-state index is 12.1. The number of carbonyl (C=O) groups is 1. The van der Waals surface area contributed by atoms with Crippen molar-refractivity contribution in [2.24, 2.45) is 11.8 Å². The van der Waals surface area contributed by atoms with Gasteiger partial charge in [-0.25, -0.2) is 4.98 Å². The summed E-state index contributed by atoms with van der Waals surface area (Å²) in [7, 11) is 0. The molecule has 1 saturated carbocycles. The number of fused-ring (bicyclic) bond motifs is 1. The minimum absolute atomic E-state index is 0.106. The first-order valence-corrected chi connectivity index (χ1v) is 9.83. The number of aromatic nitrogens is 2. The van der Waals surface area contributed by atoms with Crippen LogP contribution in [0.3, 0.4) is 0 Å². The number of nitrogens with zero attached hydrogens (tertiary/aromatic N) is 3. The first-order chi connectivity index (χ1) is 12.2. The summed E-state index contributed by atoms with van der Waals surface area (Å²) < 4.78 is 7.72. The van der Waals surface area contributed by atoms with E-state index in [1.807, 2.05) is 0 Å². The Morgan fingerprint density at radius 2 is 2.04 bits per heavy atom. The predicted octanol–water partition coefficient (Wildman–Crippen LogP) is 1.75. The molecule has 3 heterocycles. The van der Waals surface area contributed by atoms with Gasteiger partial charge in [-0.1, -0.05) is 0 Å². The molecule has 0 aromatic carbocycles. The number of rotatable bonds is 6. The molecule has 1 atom stereocenters. The summed E-state index contributed by atoms with van der Waals surface area (Å²) in [5.74, 6) is 2.68. The zero-order valence-electron chi connectivity index (χ0n) is 15.2. The molecular weight excluding hydrogens is 316 g/mol. The smallest absolute Gasteiger partial charge is 0.226 e. The number of carbonyl (C=O) groups excluding carboxylic acids is 1. The minimum atomic E-state index is 0.106. The lowest BCUT2D eigenvalue weighted by Gasteiger charge is -2.37. The van der Waals surface area contributed by atoms with Crippen LogP contribution in [-0.2, 0) is 22.5 Å². The Balaban J connectivity index is 1.34. The van der Waals surface area contributed by atoms with Crippen molar-refractivity contribution in [1.82, 2.24) is 19.8 Å². The Bertz CT molecular complexity index is 605. The van der Waals surface area contributed by atoms with E-state index < -0.39 is 0 Å². The van der Waals surface area contributed by atoms with Crippen LogP contribution in [0.25, 0.3) is 0 Å². The Morgan fingerprint density at radius 1 is 1.24 bits per heavy atom. The summed E-state index contributed by atoms with van der Waals surface area (Å²) in [4.78, 5) is 19.4. The molecule has 6 heteroatoms. The molecule has 1 aromatic heterocycles. The van der Waals surface area contributed by atoms with Crippen LogP contribution in [0.4, 0.5) is 0 Å². The third-order valence-corrected chi connectivity index (χ3v) is 5.87. The van der Waals surface area contributed by atoms with Crippen LogP contribution < -0.4 is 5.32 Å². The van der Waals surface area contributed by atoms with Gasteiger partial charge < -0.3 is 14.6 Å². The van der Waals surface area contributed by atoms with E-state index in [9.17, 15) is 4.79 Å². The zero-order valence-corrected chi connectivity index (χ0v) is 15.2. The highest BCUT2D eigenvalue weighted by Crippen LogP contribution is 2.28. The second-order valence-corrected chi connectivity index (χ2v) is 7.93. The first kappa shape index (κ1) is 17.0. The lowest BCUT2D eigenvalue weighted by atomic mass is 9.98. The number of amides is 1. The van der Waals surface area contributed by atoms with Crippen LogP contribution in [0.5, 0.6) is 0 Å². The maximum atomic E-state index is 12.1. The topological polar surface area (TPSA) is 59.4 Å². The van der Waals surface area contributed by atoms with E-state index in [1.165, 1.54) is 25.7 Å². The molecule has 0 spiro atoms. The maximum Gasteiger partial charge on any atom is 0.226 e. The van der Waals surface area contributed by atoms with Crippen LogP contribution in [0.15, 0.2) is 6.20 Å². The van der Waals surface area contributed by atoms with Gasteiger partial charge in [0.1, 0.15) is 5.82 Å². The Morgan fingerprint density at radius 3 is 2.80 bits per heavy atom. The van der Waals surface area contributed by atoms with Crippen molar-refractivity contribution in [3.63, 3.8) is 0 Å². The molecule has 0 radical (unpaired) electrons. The van der Waals surface area contributed by atoms with Gasteiger partial charge in [0, 0.05) is 45.6 Å². The molecule has 4 rings (SSSR count). The van der Waals surface area contributed by atoms with Gasteiger partial charge in [-0.15, -0.1) is 0 Å². The third-order valence-electron chi connectivity index (χ3n) is 5.87. The van der Waals surface area contributed by atoms with Crippen molar-refractivity contribution in [3.8, 4) is 0 Å². The highest BCUT2D eigenvalue weighted by molar-refractivity contribution is 5.78. The van der Waals surface area contributed by atoms with Crippen LogP contribution in [0.2, 0.25) is 0 Å². The summed E-state index contributed by atoms with van der Waals surface area (Å²) >= 11 is 0. The van der Waals surface area contributed by atoms with Crippen LogP contribution >= 0.6 is 0 Å². The molecule has 1 saturated heterocycles. The Labute approximate surface area is 149 Å². The molecule has 138 valence electrons. The molecule has 2 fully saturated rings. The number of ether oxygens (including phenoxy) is 1. The van der Waals surface area contributed by atoms with Gasteiger partial charge in [0.15, 0.2) is 0 Å². The van der Waals surface area contributed by atoms with E-state index in [2.05, 4.69) is 27.9 Å². The van der Waals surface area contributed by atoms with Crippen LogP contribution in [0.1, 0.15) is 50.2 Å². The van der Waals surface area contributed by atoms with Gasteiger partial charge in [0.25, 0.3) is 0 Å². The highest BCUT2D eigenvalue weighted by Gasteiger charge is 2.29. The summed E-state index contributed by atoms with van der Waals surface area (Å²) in [6, 6.07) is 0.319. The summed E-state index contributed by atoms with van der Waals surface area (Å²) in [5.41, 5.74) is 0.906. The van der Waals surface area contributed by atoms with Crippen molar-refractivity contribution in [1.29, 1.82) is 0 Å². The van der Waals surface area contributed by atoms with E-state index >= 15 is 0 Å². The molecular formula is C19H30N4O2. The molecule has 3 aliphatic rings. The first-order valence-electron chi connectivity index (χ1n) is 9.83. The standard InChI is InChI=1S/C19H30N4O2/c1-14-19-21-17(10-18(24)20-11-15-2-3-15)13-23(19)7-6-22(14)12-16-4-8-25-9-5-16/h13-16H,2-12H2,1H3,(H,20,24)/t14-/m1/s1. The van der Waals surface area contributed by atoms with Gasteiger partial charge in [-0.3, -0.25) is 9.69 Å². The monoisotopic (exact) mass is 346 g/mol. The second kappa shape index (κ2) is 7.46. The van der Waals surface area contributed by atoms with E-state index in [0.717, 1.165) is 62.7 Å². The quantitative estimate of drug-likeness (QED) is 0.853. The van der Waals surface area contributed by atoms with Crippen molar-refractivity contribution >= 4 is 5.91 Å². The fourth-order valence-electron chi connectivity index (χ4n) is 3.99. The molecule has 2 aliphatic heterocycles. The highest BCUT2D eigenvalue weighted by atomic mass is 16.5. The molecule has 6 nitrogen and oxygen atoms in total. The second-order valence-electron chi connectivity index (χ2n) is 7.93. The fourth-order valence-corrected chi connectivity index (χ4v) is 3.99. The molecule has 1 N–H and O–H groups in total. The largest absolute Gasteiger partial charge is 0.381 e. The van der Waals surface area contributed by atoms with Gasteiger partial charge in [-0.2, -0.15) is 0 Å². The predicted molar refractivity (Wildman–Crippen MR) is 95.2 cm³/mol. The van der Waals surface area contributed by atoms with Gasteiger partial charge in [0.2, 0.25) is 5.91 Å². The third kappa shape index (κ3) is 4.23. The number of hydrogen-bond donors (Lipinski definition) is 1. The average molecular weight is 346 g/mol. The van der Waals surface area contributed by atoms with Crippen molar-refractivity contribution in [2.75, 3.05) is 32.8 Å². The molecule has 1 aliphatic carbocycles. The molecule has 25 heavy (non-hydrogen) atoms. The molecule has 0 unspecified atom stereocenters. The molecule has 0 bridgehead atoms. The van der Waals surface area contributed by atoms with E-state index in [0.29, 0.717) is 12.5 Å². The molecule has 1 amide bonds. The molecule has 1 aromatic rings. The summed E-state index contributed by atoms with van der Waals surface area (Å²) in [6.07, 6.45) is 7.35. The lowest BCUT2D eigenvalue weighted by Crippen LogP contribution is -2.40. The van der Waals surface area contributed by atoms with Gasteiger partial charge in [0.05, 0.1) is 18.2 Å². The summed E-state index contributed by atoms with van der Waals surface area (Å²) in [5, 5.41) is 3.04. The zero-order chi connectivity index (χ0) is 17.2. The number of hydrogen-bond acceptors (Lipinski definition) is 4. The SMILES string of the molecule is C[C@@H]1c2nc(CC(=O)NCC3CC3)cn2CCN1CC1CCOCC1. The number of imidazole rings is 1. The van der Waals surface area contributed by atoms with E-state index in [1.54, 1.807) is 0 Å². The van der Waals surface area contributed by atoms with Crippen LogP contribution in [0, 0.1) is 11.8 Å². The Kier molecular flexibility index (Phi) is 5.08. The van der Waals surface area contributed by atoms with Gasteiger partial charge >= 0.3 is 0 Å². The number of nitrogens with one attached hydrogen (secondary N) is 1.